The quantitative estimate of drug-likeness (QED) is 0.797. The molecule has 1 saturated heterocycles. The van der Waals surface area contributed by atoms with Gasteiger partial charge in [0.25, 0.3) is 0 Å². The summed E-state index contributed by atoms with van der Waals surface area (Å²) in [7, 11) is 0. The maximum absolute atomic E-state index is 13.9. The molecule has 2 rings (SSSR count). The van der Waals surface area contributed by atoms with Crippen LogP contribution in [-0.2, 0) is 14.2 Å². The fraction of sp³-hybridized carbons (Fsp3) is 0.769. The second-order valence-electron chi connectivity index (χ2n) is 5.95. The monoisotopic (exact) mass is 273 g/mol. The first-order valence-electron chi connectivity index (χ1n) is 6.37. The van der Waals surface area contributed by atoms with E-state index in [1.807, 2.05) is 0 Å². The first kappa shape index (κ1) is 14.3. The highest BCUT2D eigenvalue weighted by Crippen LogP contribution is 2.48. The summed E-state index contributed by atoms with van der Waals surface area (Å²) in [5.41, 5.74) is -0.593. The van der Waals surface area contributed by atoms with E-state index in [9.17, 15) is 9.18 Å². The van der Waals surface area contributed by atoms with Gasteiger partial charge in [0, 0.05) is 5.92 Å². The van der Waals surface area contributed by atoms with Crippen LogP contribution in [0.4, 0.5) is 9.18 Å². The minimum atomic E-state index is -1.33. The van der Waals surface area contributed by atoms with Gasteiger partial charge in [-0.15, -0.1) is 0 Å². The van der Waals surface area contributed by atoms with E-state index in [0.29, 0.717) is 0 Å². The van der Waals surface area contributed by atoms with Crippen LogP contribution >= 0.6 is 0 Å². The number of amides is 1. The van der Waals surface area contributed by atoms with Crippen LogP contribution in [0.5, 0.6) is 0 Å². The third-order valence-corrected chi connectivity index (χ3v) is 3.16. The lowest BCUT2D eigenvalue weighted by Gasteiger charge is -2.46. The number of carbonyl (C=O) groups excluding carboxylic acids is 1. The lowest BCUT2D eigenvalue weighted by Crippen LogP contribution is -2.58. The molecule has 1 fully saturated rings. The van der Waals surface area contributed by atoms with Crippen LogP contribution in [0, 0.1) is 5.92 Å². The predicted octanol–water partition coefficient (Wildman–Crippen LogP) is 2.47. The summed E-state index contributed by atoms with van der Waals surface area (Å²) < 4.78 is 29.8. The molecule has 2 unspecified atom stereocenters. The van der Waals surface area contributed by atoms with Gasteiger partial charge in [-0.05, 0) is 33.8 Å². The van der Waals surface area contributed by atoms with Crippen molar-refractivity contribution in [1.82, 2.24) is 5.32 Å². The van der Waals surface area contributed by atoms with Gasteiger partial charge in [0.2, 0.25) is 5.79 Å². The van der Waals surface area contributed by atoms with E-state index < -0.39 is 35.6 Å². The number of alkyl carbamates (subject to hydrolysis) is 1. The van der Waals surface area contributed by atoms with E-state index >= 15 is 0 Å². The molecule has 1 spiro atoms. The summed E-state index contributed by atoms with van der Waals surface area (Å²) in [6.45, 7) is 8.75. The van der Waals surface area contributed by atoms with Crippen LogP contribution < -0.4 is 5.32 Å². The van der Waals surface area contributed by atoms with Crippen LogP contribution in [0.15, 0.2) is 11.9 Å². The van der Waals surface area contributed by atoms with Gasteiger partial charge in [-0.2, -0.15) is 0 Å². The number of ether oxygens (including phenoxy) is 3. The lowest BCUT2D eigenvalue weighted by molar-refractivity contribution is -0.446. The zero-order valence-corrected chi connectivity index (χ0v) is 11.8. The van der Waals surface area contributed by atoms with Crippen molar-refractivity contribution >= 4 is 6.09 Å². The summed E-state index contributed by atoms with van der Waals surface area (Å²) in [5.74, 6) is -2.19. The molecule has 0 radical (unpaired) electrons. The van der Waals surface area contributed by atoms with Gasteiger partial charge in [0.05, 0.1) is 6.04 Å². The molecule has 19 heavy (non-hydrogen) atoms. The van der Waals surface area contributed by atoms with Crippen molar-refractivity contribution in [3.8, 4) is 0 Å². The van der Waals surface area contributed by atoms with Gasteiger partial charge in [-0.25, -0.2) is 9.18 Å². The molecule has 1 aliphatic carbocycles. The fourth-order valence-electron chi connectivity index (χ4n) is 2.31. The van der Waals surface area contributed by atoms with Gasteiger partial charge in [-0.1, -0.05) is 6.92 Å². The van der Waals surface area contributed by atoms with Crippen molar-refractivity contribution in [3.05, 3.63) is 11.9 Å². The van der Waals surface area contributed by atoms with Crippen LogP contribution in [0.25, 0.3) is 0 Å². The molecule has 1 amide bonds. The number of halogens is 1. The predicted molar refractivity (Wildman–Crippen MR) is 65.9 cm³/mol. The summed E-state index contributed by atoms with van der Waals surface area (Å²) in [6, 6.07) is -0.512. The Kier molecular flexibility index (Phi) is 3.35. The Bertz CT molecular complexity index is 409. The van der Waals surface area contributed by atoms with Crippen LogP contribution in [-0.4, -0.2) is 29.8 Å². The van der Waals surface area contributed by atoms with Crippen molar-refractivity contribution in [1.29, 1.82) is 0 Å². The molecule has 108 valence electrons. The molecule has 0 bridgehead atoms. The Balaban J connectivity index is 1.99. The van der Waals surface area contributed by atoms with E-state index in [1.54, 1.807) is 34.6 Å². The van der Waals surface area contributed by atoms with Crippen molar-refractivity contribution in [2.75, 3.05) is 0 Å². The molecule has 1 heterocycles. The number of hydrogen-bond acceptors (Lipinski definition) is 4. The molecule has 5 nitrogen and oxygen atoms in total. The normalized spacial score (nSPS) is 37.8. The van der Waals surface area contributed by atoms with Gasteiger partial charge < -0.3 is 19.5 Å². The standard InChI is InChI=1S/C13H20FNO4/c1-7-9(15-11(16)19-12(3,4)5)6-10(14)13(7)17-8(2)18-13/h6-9H,1-5H3,(H,15,16). The molecule has 1 aliphatic heterocycles. The van der Waals surface area contributed by atoms with E-state index in [-0.39, 0.29) is 5.92 Å². The first-order valence-corrected chi connectivity index (χ1v) is 6.37. The summed E-state index contributed by atoms with van der Waals surface area (Å²) in [4.78, 5) is 11.7. The van der Waals surface area contributed by atoms with Gasteiger partial charge in [0.15, 0.2) is 12.1 Å². The number of nitrogens with one attached hydrogen (secondary N) is 1. The topological polar surface area (TPSA) is 56.8 Å². The van der Waals surface area contributed by atoms with Gasteiger partial charge >= 0.3 is 6.09 Å². The molecule has 2 atom stereocenters. The van der Waals surface area contributed by atoms with Crippen molar-refractivity contribution in [2.45, 2.75) is 58.3 Å². The highest BCUT2D eigenvalue weighted by Gasteiger charge is 2.59. The molecular weight excluding hydrogens is 253 g/mol. The molecule has 0 aromatic heterocycles. The first-order chi connectivity index (χ1) is 8.64. The Morgan fingerprint density at radius 3 is 2.47 bits per heavy atom. The molecule has 0 aromatic carbocycles. The molecule has 2 aliphatic rings. The Hall–Kier alpha value is -1.14. The second kappa shape index (κ2) is 4.45. The van der Waals surface area contributed by atoms with E-state index in [0.717, 1.165) is 0 Å². The van der Waals surface area contributed by atoms with Gasteiger partial charge in [-0.3, -0.25) is 0 Å². The Labute approximate surface area is 112 Å². The Morgan fingerprint density at radius 1 is 1.42 bits per heavy atom. The van der Waals surface area contributed by atoms with E-state index in [4.69, 9.17) is 14.2 Å². The SMILES string of the molecule is CC1OC2(O1)C(F)=CC(NC(=O)OC(C)(C)C)C2C. The largest absolute Gasteiger partial charge is 0.444 e. The van der Waals surface area contributed by atoms with Crippen molar-refractivity contribution in [2.24, 2.45) is 5.92 Å². The third-order valence-electron chi connectivity index (χ3n) is 3.16. The highest BCUT2D eigenvalue weighted by molar-refractivity contribution is 5.68. The van der Waals surface area contributed by atoms with Gasteiger partial charge in [0.1, 0.15) is 5.60 Å². The lowest BCUT2D eigenvalue weighted by atomic mass is 9.98. The summed E-state index contributed by atoms with van der Waals surface area (Å²) >= 11 is 0. The minimum absolute atomic E-state index is 0.351. The molecule has 6 heteroatoms. The number of carbonyl (C=O) groups is 1. The van der Waals surface area contributed by atoms with Crippen LogP contribution in [0.1, 0.15) is 34.6 Å². The molecular formula is C13H20FNO4. The van der Waals surface area contributed by atoms with E-state index in [2.05, 4.69) is 5.32 Å². The molecule has 1 N–H and O–H groups in total. The maximum atomic E-state index is 13.9. The van der Waals surface area contributed by atoms with Crippen LogP contribution in [0.2, 0.25) is 0 Å². The third kappa shape index (κ3) is 2.60. The molecule has 0 aromatic rings. The maximum Gasteiger partial charge on any atom is 0.408 e. The van der Waals surface area contributed by atoms with Crippen LogP contribution in [0.3, 0.4) is 0 Å². The van der Waals surface area contributed by atoms with Crippen molar-refractivity contribution < 1.29 is 23.4 Å². The zero-order valence-electron chi connectivity index (χ0n) is 11.8. The average Bonchev–Trinajstić information content (AvgIpc) is 2.39. The van der Waals surface area contributed by atoms with Crippen molar-refractivity contribution in [3.63, 3.8) is 0 Å². The molecule has 0 saturated carbocycles. The smallest absolute Gasteiger partial charge is 0.408 e. The zero-order chi connectivity index (χ0) is 14.4. The summed E-state index contributed by atoms with van der Waals surface area (Å²) in [6.07, 6.45) is 0.292. The fourth-order valence-corrected chi connectivity index (χ4v) is 2.31. The number of rotatable bonds is 1. The number of hydrogen-bond donors (Lipinski definition) is 1. The average molecular weight is 273 g/mol. The summed E-state index contributed by atoms with van der Waals surface area (Å²) in [5, 5.41) is 2.62. The highest BCUT2D eigenvalue weighted by atomic mass is 19.1. The van der Waals surface area contributed by atoms with E-state index in [1.165, 1.54) is 6.08 Å². The Morgan fingerprint density at radius 2 is 2.00 bits per heavy atom. The second-order valence-corrected chi connectivity index (χ2v) is 5.95. The minimum Gasteiger partial charge on any atom is -0.444 e.